The van der Waals surface area contributed by atoms with Gasteiger partial charge in [-0.05, 0) is 49.5 Å². The van der Waals surface area contributed by atoms with Crippen molar-refractivity contribution in [3.63, 3.8) is 0 Å². The lowest BCUT2D eigenvalue weighted by atomic mass is 9.83. The van der Waals surface area contributed by atoms with E-state index in [1.54, 1.807) is 12.5 Å². The fourth-order valence-corrected chi connectivity index (χ4v) is 3.74. The van der Waals surface area contributed by atoms with Crippen LogP contribution in [0, 0.1) is 17.8 Å². The van der Waals surface area contributed by atoms with E-state index in [1.807, 2.05) is 6.07 Å². The van der Waals surface area contributed by atoms with Crippen molar-refractivity contribution in [1.29, 1.82) is 0 Å². The van der Waals surface area contributed by atoms with E-state index in [9.17, 15) is 0 Å². The summed E-state index contributed by atoms with van der Waals surface area (Å²) in [6, 6.07) is 2.28. The van der Waals surface area contributed by atoms with Crippen LogP contribution < -0.4 is 11.3 Å². The van der Waals surface area contributed by atoms with Crippen molar-refractivity contribution in [2.75, 3.05) is 0 Å². The van der Waals surface area contributed by atoms with Gasteiger partial charge in [0.05, 0.1) is 12.5 Å². The first-order valence-corrected chi connectivity index (χ1v) is 6.35. The van der Waals surface area contributed by atoms with Crippen molar-refractivity contribution >= 4 is 0 Å². The quantitative estimate of drug-likeness (QED) is 0.605. The highest BCUT2D eigenvalue weighted by molar-refractivity contribution is 5.11. The first kappa shape index (κ1) is 10.4. The topological polar surface area (TPSA) is 51.2 Å². The summed E-state index contributed by atoms with van der Waals surface area (Å²) in [5.74, 6) is 8.50. The first-order valence-electron chi connectivity index (χ1n) is 6.35. The van der Waals surface area contributed by atoms with Gasteiger partial charge < -0.3 is 4.42 Å². The monoisotopic (exact) mass is 220 g/mol. The number of fused-ring (bicyclic) bond motifs is 2. The van der Waals surface area contributed by atoms with Crippen LogP contribution in [-0.4, -0.2) is 0 Å². The summed E-state index contributed by atoms with van der Waals surface area (Å²) in [4.78, 5) is 0. The van der Waals surface area contributed by atoms with Crippen LogP contribution in [0.2, 0.25) is 0 Å². The van der Waals surface area contributed by atoms with Gasteiger partial charge >= 0.3 is 0 Å². The minimum Gasteiger partial charge on any atom is -0.472 e. The Kier molecular flexibility index (Phi) is 2.74. The minimum atomic E-state index is 0.267. The number of nitrogens with two attached hydrogens (primary N) is 1. The summed E-state index contributed by atoms with van der Waals surface area (Å²) in [6.45, 7) is 0. The molecule has 1 heterocycles. The van der Waals surface area contributed by atoms with Crippen LogP contribution in [0.1, 0.15) is 43.7 Å². The molecule has 1 aromatic heterocycles. The van der Waals surface area contributed by atoms with Crippen LogP contribution in [0.5, 0.6) is 0 Å². The molecule has 2 aliphatic carbocycles. The third kappa shape index (κ3) is 1.78. The zero-order valence-electron chi connectivity index (χ0n) is 9.56. The van der Waals surface area contributed by atoms with Gasteiger partial charge in [-0.1, -0.05) is 6.42 Å². The van der Waals surface area contributed by atoms with E-state index in [-0.39, 0.29) is 6.04 Å². The average Bonchev–Trinajstić information content (AvgIpc) is 3.01. The Morgan fingerprint density at radius 2 is 2.38 bits per heavy atom. The third-order valence-electron chi connectivity index (χ3n) is 4.57. The molecule has 4 atom stereocenters. The molecule has 2 saturated carbocycles. The van der Waals surface area contributed by atoms with Gasteiger partial charge in [-0.3, -0.25) is 11.3 Å². The first-order chi connectivity index (χ1) is 7.86. The summed E-state index contributed by atoms with van der Waals surface area (Å²) in [5, 5.41) is 0. The number of hydrogen-bond donors (Lipinski definition) is 2. The number of hydrogen-bond acceptors (Lipinski definition) is 3. The van der Waals surface area contributed by atoms with Crippen molar-refractivity contribution in [2.24, 2.45) is 23.6 Å². The zero-order chi connectivity index (χ0) is 11.0. The Bertz CT molecular complexity index is 336. The Labute approximate surface area is 96.4 Å². The molecule has 16 heavy (non-hydrogen) atoms. The highest BCUT2D eigenvalue weighted by Crippen LogP contribution is 2.50. The van der Waals surface area contributed by atoms with Crippen molar-refractivity contribution in [1.82, 2.24) is 5.43 Å². The molecule has 2 aliphatic rings. The van der Waals surface area contributed by atoms with Crippen LogP contribution >= 0.6 is 0 Å². The van der Waals surface area contributed by atoms with Gasteiger partial charge in [-0.2, -0.15) is 0 Å². The standard InChI is InChI=1S/C13H20N2O/c14-15-13(11-3-4-16-8-11)7-12-6-9-1-2-10(12)5-9/h3-4,8-10,12-13,15H,1-2,5-7,14H2. The van der Waals surface area contributed by atoms with Gasteiger partial charge in [0.15, 0.2) is 0 Å². The second-order valence-electron chi connectivity index (χ2n) is 5.45. The number of hydrazine groups is 1. The molecule has 0 aliphatic heterocycles. The fraction of sp³-hybridized carbons (Fsp3) is 0.692. The van der Waals surface area contributed by atoms with E-state index in [4.69, 9.17) is 10.3 Å². The Morgan fingerprint density at radius 1 is 1.44 bits per heavy atom. The molecule has 2 bridgehead atoms. The highest BCUT2D eigenvalue weighted by atomic mass is 16.3. The van der Waals surface area contributed by atoms with Gasteiger partial charge in [0.2, 0.25) is 0 Å². The molecule has 1 aromatic rings. The maximum atomic E-state index is 5.65. The lowest BCUT2D eigenvalue weighted by Crippen LogP contribution is -2.30. The summed E-state index contributed by atoms with van der Waals surface area (Å²) >= 11 is 0. The molecular formula is C13H20N2O. The Morgan fingerprint density at radius 3 is 2.94 bits per heavy atom. The van der Waals surface area contributed by atoms with Crippen molar-refractivity contribution in [3.05, 3.63) is 24.2 Å². The SMILES string of the molecule is NNC(CC1CC2CCC1C2)c1ccoc1. The maximum absolute atomic E-state index is 5.65. The molecule has 0 amide bonds. The molecule has 4 unspecified atom stereocenters. The van der Waals surface area contributed by atoms with Crippen LogP contribution in [0.4, 0.5) is 0 Å². The second kappa shape index (κ2) is 4.22. The summed E-state index contributed by atoms with van der Waals surface area (Å²) in [7, 11) is 0. The minimum absolute atomic E-state index is 0.267. The van der Waals surface area contributed by atoms with E-state index in [2.05, 4.69) is 5.43 Å². The number of nitrogens with one attached hydrogen (secondary N) is 1. The number of furan rings is 1. The normalized spacial score (nSPS) is 34.4. The molecule has 3 nitrogen and oxygen atoms in total. The molecule has 3 N–H and O–H groups in total. The lowest BCUT2D eigenvalue weighted by Gasteiger charge is -2.25. The van der Waals surface area contributed by atoms with Crippen LogP contribution in [0.3, 0.4) is 0 Å². The van der Waals surface area contributed by atoms with Crippen LogP contribution in [-0.2, 0) is 0 Å². The van der Waals surface area contributed by atoms with Gasteiger partial charge in [-0.15, -0.1) is 0 Å². The molecule has 0 radical (unpaired) electrons. The van der Waals surface area contributed by atoms with Gasteiger partial charge in [0, 0.05) is 11.6 Å². The highest BCUT2D eigenvalue weighted by Gasteiger charge is 2.40. The largest absolute Gasteiger partial charge is 0.472 e. The molecule has 3 heteroatoms. The molecule has 0 saturated heterocycles. The smallest absolute Gasteiger partial charge is 0.0950 e. The van der Waals surface area contributed by atoms with Gasteiger partial charge in [-0.25, -0.2) is 0 Å². The Hall–Kier alpha value is -0.800. The molecule has 0 spiro atoms. The summed E-state index contributed by atoms with van der Waals surface area (Å²) in [5.41, 5.74) is 4.12. The third-order valence-corrected chi connectivity index (χ3v) is 4.57. The van der Waals surface area contributed by atoms with Crippen LogP contribution in [0.15, 0.2) is 23.0 Å². The summed E-state index contributed by atoms with van der Waals surface area (Å²) in [6.07, 6.45) is 10.5. The Balaban J connectivity index is 1.65. The van der Waals surface area contributed by atoms with E-state index in [1.165, 1.54) is 31.2 Å². The zero-order valence-corrected chi connectivity index (χ0v) is 9.56. The van der Waals surface area contributed by atoms with E-state index in [0.717, 1.165) is 24.2 Å². The molecular weight excluding hydrogens is 200 g/mol. The van der Waals surface area contributed by atoms with Crippen molar-refractivity contribution in [2.45, 2.75) is 38.1 Å². The van der Waals surface area contributed by atoms with Gasteiger partial charge in [0.1, 0.15) is 0 Å². The average molecular weight is 220 g/mol. The summed E-state index contributed by atoms with van der Waals surface area (Å²) < 4.78 is 5.13. The molecule has 2 fully saturated rings. The molecule has 0 aromatic carbocycles. The lowest BCUT2D eigenvalue weighted by molar-refractivity contribution is 0.279. The van der Waals surface area contributed by atoms with Gasteiger partial charge in [0.25, 0.3) is 0 Å². The molecule has 88 valence electrons. The second-order valence-corrected chi connectivity index (χ2v) is 5.45. The predicted octanol–water partition coefficient (Wildman–Crippen LogP) is 2.61. The van der Waals surface area contributed by atoms with Crippen molar-refractivity contribution < 1.29 is 4.42 Å². The number of rotatable bonds is 4. The van der Waals surface area contributed by atoms with E-state index in [0.29, 0.717) is 0 Å². The maximum Gasteiger partial charge on any atom is 0.0950 e. The fourth-order valence-electron chi connectivity index (χ4n) is 3.74. The predicted molar refractivity (Wildman–Crippen MR) is 62.3 cm³/mol. The van der Waals surface area contributed by atoms with Crippen LogP contribution in [0.25, 0.3) is 0 Å². The van der Waals surface area contributed by atoms with E-state index < -0.39 is 0 Å². The van der Waals surface area contributed by atoms with Crippen molar-refractivity contribution in [3.8, 4) is 0 Å². The van der Waals surface area contributed by atoms with E-state index >= 15 is 0 Å². The molecule has 3 rings (SSSR count).